The fraction of sp³-hybridized carbons (Fsp3) is 0.565. The largest absolute Gasteiger partial charge is 0.469 e. The molecular weight excluding hydrogens is 384 g/mol. The van der Waals surface area contributed by atoms with Crippen molar-refractivity contribution < 1.29 is 24.2 Å². The Labute approximate surface area is 177 Å². The topological polar surface area (TPSA) is 91.9 Å². The van der Waals surface area contributed by atoms with Gasteiger partial charge < -0.3 is 24.5 Å². The van der Waals surface area contributed by atoms with Gasteiger partial charge in [-0.15, -0.1) is 0 Å². The molecule has 0 saturated carbocycles. The third-order valence-corrected chi connectivity index (χ3v) is 5.64. The van der Waals surface area contributed by atoms with Crippen LogP contribution >= 0.6 is 0 Å². The number of fused-ring (bicyclic) bond motifs is 3. The number of aromatic nitrogens is 1. The summed E-state index contributed by atoms with van der Waals surface area (Å²) in [5.74, 6) is -1.20. The number of carbonyl (C=O) groups is 2. The van der Waals surface area contributed by atoms with Crippen molar-refractivity contribution in [2.45, 2.75) is 58.2 Å². The number of aromatic amines is 1. The molecule has 1 aliphatic rings. The number of H-pyrrole nitrogens is 1. The zero-order valence-corrected chi connectivity index (χ0v) is 18.4. The Hall–Kier alpha value is -2.54. The molecule has 0 bridgehead atoms. The van der Waals surface area contributed by atoms with Crippen LogP contribution in [0.2, 0.25) is 0 Å². The number of rotatable bonds is 2. The van der Waals surface area contributed by atoms with E-state index in [1.54, 1.807) is 11.8 Å². The number of hydrogen-bond acceptors (Lipinski definition) is 5. The molecule has 7 nitrogen and oxygen atoms in total. The minimum absolute atomic E-state index is 0.306. The number of methoxy groups -OCH3 is 1. The highest BCUT2D eigenvalue weighted by molar-refractivity contribution is 5.88. The molecule has 1 aromatic heterocycles. The maximum Gasteiger partial charge on any atom is 0.410 e. The normalized spacial score (nSPS) is 21.2. The second kappa shape index (κ2) is 8.68. The monoisotopic (exact) mass is 416 g/mol. The van der Waals surface area contributed by atoms with E-state index in [9.17, 15) is 14.7 Å². The number of nitrogens with one attached hydrogen (secondary N) is 1. The van der Waals surface area contributed by atoms with Crippen LogP contribution in [0, 0.1) is 5.92 Å². The molecule has 2 heterocycles. The molecule has 1 aromatic carbocycles. The van der Waals surface area contributed by atoms with E-state index in [4.69, 9.17) is 9.47 Å². The second-order valence-corrected chi connectivity index (χ2v) is 9.05. The summed E-state index contributed by atoms with van der Waals surface area (Å²) in [5.41, 5.74) is 2.13. The fourth-order valence-corrected chi connectivity index (χ4v) is 4.10. The lowest BCUT2D eigenvalue weighted by atomic mass is 9.87. The fourth-order valence-electron chi connectivity index (χ4n) is 4.10. The SMILES string of the molecule is COC(=O)[C@H]1C[C@H]([C@@H](C)O)CN(C(=O)OC(C)(C)C)CCc2c1[nH]c1ccccc21. The van der Waals surface area contributed by atoms with Gasteiger partial charge in [-0.25, -0.2) is 4.79 Å². The van der Waals surface area contributed by atoms with Crippen molar-refractivity contribution in [3.05, 3.63) is 35.5 Å². The Balaban J connectivity index is 2.06. The van der Waals surface area contributed by atoms with E-state index < -0.39 is 23.7 Å². The Morgan fingerprint density at radius 1 is 1.27 bits per heavy atom. The Kier molecular flexibility index (Phi) is 6.41. The number of aliphatic hydroxyl groups is 1. The summed E-state index contributed by atoms with van der Waals surface area (Å²) in [6.07, 6.45) is -0.179. The van der Waals surface area contributed by atoms with E-state index in [0.717, 1.165) is 22.2 Å². The first-order valence-corrected chi connectivity index (χ1v) is 10.4. The van der Waals surface area contributed by atoms with Gasteiger partial charge in [0.25, 0.3) is 0 Å². The Morgan fingerprint density at radius 3 is 2.60 bits per heavy atom. The number of amides is 1. The number of carbonyl (C=O) groups excluding carboxylic acids is 2. The van der Waals surface area contributed by atoms with Gasteiger partial charge >= 0.3 is 12.1 Å². The minimum atomic E-state index is -0.701. The lowest BCUT2D eigenvalue weighted by Gasteiger charge is -2.31. The van der Waals surface area contributed by atoms with E-state index in [2.05, 4.69) is 4.98 Å². The highest BCUT2D eigenvalue weighted by atomic mass is 16.6. The van der Waals surface area contributed by atoms with Gasteiger partial charge in [-0.2, -0.15) is 0 Å². The summed E-state index contributed by atoms with van der Waals surface area (Å²) in [4.78, 5) is 30.6. The van der Waals surface area contributed by atoms with Crippen molar-refractivity contribution in [1.82, 2.24) is 9.88 Å². The van der Waals surface area contributed by atoms with Crippen LogP contribution in [0.4, 0.5) is 4.79 Å². The molecular formula is C23H32N2O5. The molecule has 0 fully saturated rings. The second-order valence-electron chi connectivity index (χ2n) is 9.05. The Bertz CT molecular complexity index is 912. The minimum Gasteiger partial charge on any atom is -0.469 e. The molecule has 2 aromatic rings. The van der Waals surface area contributed by atoms with E-state index in [0.29, 0.717) is 25.9 Å². The first kappa shape index (κ1) is 22.2. The van der Waals surface area contributed by atoms with Gasteiger partial charge in [0.1, 0.15) is 5.60 Å². The van der Waals surface area contributed by atoms with Gasteiger partial charge in [0, 0.05) is 35.6 Å². The maximum atomic E-state index is 12.9. The number of hydrogen-bond donors (Lipinski definition) is 2. The van der Waals surface area contributed by atoms with E-state index in [1.165, 1.54) is 7.11 Å². The van der Waals surface area contributed by atoms with Crippen molar-refractivity contribution in [2.24, 2.45) is 5.92 Å². The Morgan fingerprint density at radius 2 is 1.97 bits per heavy atom. The zero-order valence-electron chi connectivity index (χ0n) is 18.4. The summed E-state index contributed by atoms with van der Waals surface area (Å²) in [7, 11) is 1.38. The van der Waals surface area contributed by atoms with Crippen molar-refractivity contribution in [2.75, 3.05) is 20.2 Å². The first-order valence-electron chi connectivity index (χ1n) is 10.4. The molecule has 0 aliphatic carbocycles. The molecule has 3 atom stereocenters. The molecule has 0 unspecified atom stereocenters. The first-order chi connectivity index (χ1) is 14.1. The lowest BCUT2D eigenvalue weighted by molar-refractivity contribution is -0.143. The number of benzene rings is 1. The van der Waals surface area contributed by atoms with Gasteiger partial charge in [-0.05, 0) is 52.2 Å². The van der Waals surface area contributed by atoms with Gasteiger partial charge in [0.05, 0.1) is 19.1 Å². The molecule has 30 heavy (non-hydrogen) atoms. The summed E-state index contributed by atoms with van der Waals surface area (Å²) in [6, 6.07) is 7.89. The molecule has 1 amide bonds. The molecule has 7 heteroatoms. The van der Waals surface area contributed by atoms with Crippen LogP contribution in [0.3, 0.4) is 0 Å². The molecule has 0 saturated heterocycles. The van der Waals surface area contributed by atoms with Gasteiger partial charge in [0.15, 0.2) is 0 Å². The molecule has 0 radical (unpaired) electrons. The maximum absolute atomic E-state index is 12.9. The van der Waals surface area contributed by atoms with Crippen LogP contribution in [0.1, 0.15) is 51.3 Å². The average Bonchev–Trinajstić information content (AvgIpc) is 3.05. The molecule has 3 rings (SSSR count). The lowest BCUT2D eigenvalue weighted by Crippen LogP contribution is -2.42. The van der Waals surface area contributed by atoms with Gasteiger partial charge in [-0.1, -0.05) is 18.2 Å². The standard InChI is InChI=1S/C23H32N2O5/c1-14(26)15-12-18(21(27)29-5)20-17(16-8-6-7-9-19(16)24-20)10-11-25(13-15)22(28)30-23(2,3)4/h6-9,14-15,18,24,26H,10-13H2,1-5H3/t14-,15+,18+/m1/s1. The number of ether oxygens (including phenoxy) is 2. The zero-order chi connectivity index (χ0) is 22.1. The number of nitrogens with zero attached hydrogens (tertiary/aromatic N) is 1. The van der Waals surface area contributed by atoms with Crippen LogP contribution in [-0.2, 0) is 20.7 Å². The summed E-state index contributed by atoms with van der Waals surface area (Å²) in [6.45, 7) is 7.93. The van der Waals surface area contributed by atoms with Gasteiger partial charge in [-0.3, -0.25) is 4.79 Å². The van der Waals surface area contributed by atoms with E-state index in [1.807, 2.05) is 45.0 Å². The third-order valence-electron chi connectivity index (χ3n) is 5.64. The molecule has 1 aliphatic heterocycles. The highest BCUT2D eigenvalue weighted by Gasteiger charge is 2.35. The van der Waals surface area contributed by atoms with Crippen LogP contribution in [-0.4, -0.2) is 59.0 Å². The molecule has 2 N–H and O–H groups in total. The van der Waals surface area contributed by atoms with Crippen molar-refractivity contribution >= 4 is 23.0 Å². The van der Waals surface area contributed by atoms with Crippen LogP contribution in [0.5, 0.6) is 0 Å². The van der Waals surface area contributed by atoms with Gasteiger partial charge in [0.2, 0.25) is 0 Å². The number of esters is 1. The number of aliphatic hydroxyl groups excluding tert-OH is 1. The average molecular weight is 417 g/mol. The highest BCUT2D eigenvalue weighted by Crippen LogP contribution is 2.35. The summed E-state index contributed by atoms with van der Waals surface area (Å²) >= 11 is 0. The van der Waals surface area contributed by atoms with Crippen molar-refractivity contribution in [1.29, 1.82) is 0 Å². The predicted molar refractivity (Wildman–Crippen MR) is 114 cm³/mol. The van der Waals surface area contributed by atoms with Crippen LogP contribution < -0.4 is 0 Å². The molecule has 0 spiro atoms. The smallest absolute Gasteiger partial charge is 0.410 e. The van der Waals surface area contributed by atoms with Crippen molar-refractivity contribution in [3.63, 3.8) is 0 Å². The summed E-state index contributed by atoms with van der Waals surface area (Å²) < 4.78 is 10.7. The van der Waals surface area contributed by atoms with Crippen LogP contribution in [0.25, 0.3) is 10.9 Å². The van der Waals surface area contributed by atoms with E-state index in [-0.39, 0.29) is 11.9 Å². The number of para-hydroxylation sites is 1. The molecule has 164 valence electrons. The quantitative estimate of drug-likeness (QED) is 0.730. The van der Waals surface area contributed by atoms with E-state index >= 15 is 0 Å². The van der Waals surface area contributed by atoms with Crippen molar-refractivity contribution in [3.8, 4) is 0 Å². The van der Waals surface area contributed by atoms with Crippen LogP contribution in [0.15, 0.2) is 24.3 Å². The third kappa shape index (κ3) is 4.78. The predicted octanol–water partition coefficient (Wildman–Crippen LogP) is 3.60. The summed E-state index contributed by atoms with van der Waals surface area (Å²) in [5, 5.41) is 11.5.